The van der Waals surface area contributed by atoms with Crippen LogP contribution in [0.2, 0.25) is 0 Å². The molecule has 2 aromatic carbocycles. The van der Waals surface area contributed by atoms with E-state index in [-0.39, 0.29) is 4.90 Å². The number of fused-ring (bicyclic) bond motifs is 1. The molecule has 0 atom stereocenters. The Bertz CT molecular complexity index is 1050. The number of H-pyrrole nitrogens is 1. The molecule has 5 nitrogen and oxygen atoms in total. The molecule has 1 aromatic heterocycles. The van der Waals surface area contributed by atoms with E-state index in [1.54, 1.807) is 6.07 Å². The molecule has 3 aromatic rings. The van der Waals surface area contributed by atoms with Crippen LogP contribution in [0.15, 0.2) is 47.4 Å². The third-order valence-corrected chi connectivity index (χ3v) is 6.40. The number of benzene rings is 2. The zero-order valence-corrected chi connectivity index (χ0v) is 16.2. The van der Waals surface area contributed by atoms with E-state index in [1.165, 1.54) is 13.5 Å². The van der Waals surface area contributed by atoms with Gasteiger partial charge in [-0.05, 0) is 54.2 Å². The van der Waals surface area contributed by atoms with Gasteiger partial charge in [-0.2, -0.15) is 0 Å². The number of aromatic nitrogens is 1. The molecule has 3 N–H and O–H groups in total. The topological polar surface area (TPSA) is 85.2 Å². The molecular formula is C21H24N2O3S. The van der Waals surface area contributed by atoms with Gasteiger partial charge in [0.1, 0.15) is 10.6 Å². The van der Waals surface area contributed by atoms with Gasteiger partial charge in [0.2, 0.25) is 10.0 Å². The molecule has 0 bridgehead atoms. The lowest BCUT2D eigenvalue weighted by molar-refractivity contribution is 0.377. The summed E-state index contributed by atoms with van der Waals surface area (Å²) in [4.78, 5) is 3.44. The molecule has 1 heterocycles. The van der Waals surface area contributed by atoms with Crippen molar-refractivity contribution in [3.05, 3.63) is 48.0 Å². The molecular weight excluding hydrogens is 360 g/mol. The van der Waals surface area contributed by atoms with Gasteiger partial charge in [0.25, 0.3) is 0 Å². The number of para-hydroxylation sites is 1. The SMILES string of the molecule is COc1c(C2CCCCC2)cc(-c2cc3ccccc3[nH]2)cc1S(N)(=O)=O. The number of methoxy groups -OCH3 is 1. The summed E-state index contributed by atoms with van der Waals surface area (Å²) < 4.78 is 30.1. The molecule has 0 aliphatic heterocycles. The van der Waals surface area contributed by atoms with E-state index in [9.17, 15) is 8.42 Å². The van der Waals surface area contributed by atoms with Crippen molar-refractivity contribution < 1.29 is 13.2 Å². The molecule has 4 rings (SSSR count). The molecule has 1 aliphatic rings. The Morgan fingerprint density at radius 3 is 2.48 bits per heavy atom. The average Bonchev–Trinajstić information content (AvgIpc) is 3.11. The van der Waals surface area contributed by atoms with Gasteiger partial charge in [0.15, 0.2) is 0 Å². The fourth-order valence-electron chi connectivity index (χ4n) is 4.15. The predicted molar refractivity (Wildman–Crippen MR) is 107 cm³/mol. The molecule has 27 heavy (non-hydrogen) atoms. The van der Waals surface area contributed by atoms with Gasteiger partial charge in [-0.25, -0.2) is 13.6 Å². The number of nitrogens with two attached hydrogens (primary N) is 1. The number of aromatic amines is 1. The van der Waals surface area contributed by atoms with Crippen molar-refractivity contribution in [3.8, 4) is 17.0 Å². The van der Waals surface area contributed by atoms with Crippen LogP contribution in [0.1, 0.15) is 43.6 Å². The quantitative estimate of drug-likeness (QED) is 0.692. The van der Waals surface area contributed by atoms with Crippen LogP contribution < -0.4 is 9.88 Å². The highest BCUT2D eigenvalue weighted by atomic mass is 32.2. The lowest BCUT2D eigenvalue weighted by Crippen LogP contribution is -2.16. The summed E-state index contributed by atoms with van der Waals surface area (Å²) in [5, 5.41) is 6.62. The summed E-state index contributed by atoms with van der Waals surface area (Å²) in [5.41, 5.74) is 3.65. The van der Waals surface area contributed by atoms with Crippen molar-refractivity contribution in [1.82, 2.24) is 4.98 Å². The second kappa shape index (κ2) is 7.02. The Morgan fingerprint density at radius 1 is 1.07 bits per heavy atom. The van der Waals surface area contributed by atoms with Gasteiger partial charge in [-0.1, -0.05) is 37.5 Å². The van der Waals surface area contributed by atoms with Crippen LogP contribution in [0.25, 0.3) is 22.2 Å². The summed E-state index contributed by atoms with van der Waals surface area (Å²) in [7, 11) is -2.39. The highest BCUT2D eigenvalue weighted by Gasteiger charge is 2.26. The minimum atomic E-state index is -3.91. The maximum absolute atomic E-state index is 12.3. The first-order valence-electron chi connectivity index (χ1n) is 9.30. The van der Waals surface area contributed by atoms with Gasteiger partial charge in [-0.15, -0.1) is 0 Å². The van der Waals surface area contributed by atoms with E-state index in [4.69, 9.17) is 9.88 Å². The molecule has 1 fully saturated rings. The minimum absolute atomic E-state index is 0.0572. The Morgan fingerprint density at radius 2 is 1.81 bits per heavy atom. The molecule has 0 unspecified atom stereocenters. The van der Waals surface area contributed by atoms with E-state index < -0.39 is 10.0 Å². The molecule has 0 radical (unpaired) electrons. The van der Waals surface area contributed by atoms with E-state index >= 15 is 0 Å². The maximum Gasteiger partial charge on any atom is 0.241 e. The molecule has 6 heteroatoms. The monoisotopic (exact) mass is 384 g/mol. The van der Waals surface area contributed by atoms with Crippen LogP contribution in [-0.4, -0.2) is 20.5 Å². The molecule has 0 saturated heterocycles. The van der Waals surface area contributed by atoms with Crippen LogP contribution in [-0.2, 0) is 10.0 Å². The lowest BCUT2D eigenvalue weighted by Gasteiger charge is -2.25. The van der Waals surface area contributed by atoms with Crippen molar-refractivity contribution in [3.63, 3.8) is 0 Å². The van der Waals surface area contributed by atoms with Crippen molar-refractivity contribution in [1.29, 1.82) is 0 Å². The van der Waals surface area contributed by atoms with Crippen LogP contribution >= 0.6 is 0 Å². The molecule has 142 valence electrons. The first-order chi connectivity index (χ1) is 13.0. The van der Waals surface area contributed by atoms with E-state index in [1.807, 2.05) is 30.3 Å². The highest BCUT2D eigenvalue weighted by molar-refractivity contribution is 7.89. The smallest absolute Gasteiger partial charge is 0.241 e. The number of sulfonamides is 1. The summed E-state index contributed by atoms with van der Waals surface area (Å²) >= 11 is 0. The Kier molecular flexibility index (Phi) is 4.70. The third-order valence-electron chi connectivity index (χ3n) is 5.48. The number of primary sulfonamides is 1. The number of hydrogen-bond donors (Lipinski definition) is 2. The van der Waals surface area contributed by atoms with Crippen LogP contribution in [0.3, 0.4) is 0 Å². The predicted octanol–water partition coefficient (Wildman–Crippen LogP) is 4.54. The molecule has 0 amide bonds. The zero-order valence-electron chi connectivity index (χ0n) is 15.4. The summed E-state index contributed by atoms with van der Waals surface area (Å²) in [5.74, 6) is 0.683. The van der Waals surface area contributed by atoms with Gasteiger partial charge < -0.3 is 9.72 Å². The van der Waals surface area contributed by atoms with E-state index in [2.05, 4.69) is 11.1 Å². The fourth-order valence-corrected chi connectivity index (χ4v) is 4.91. The van der Waals surface area contributed by atoms with Crippen molar-refractivity contribution >= 4 is 20.9 Å². The number of nitrogens with one attached hydrogen (secondary N) is 1. The molecule has 1 saturated carbocycles. The van der Waals surface area contributed by atoms with Crippen LogP contribution in [0.5, 0.6) is 5.75 Å². The second-order valence-corrected chi connectivity index (χ2v) is 8.78. The highest BCUT2D eigenvalue weighted by Crippen LogP contribution is 2.42. The molecule has 1 aliphatic carbocycles. The number of hydrogen-bond acceptors (Lipinski definition) is 3. The number of rotatable bonds is 4. The summed E-state index contributed by atoms with van der Waals surface area (Å²) in [6.45, 7) is 0. The van der Waals surface area contributed by atoms with Gasteiger partial charge in [-0.3, -0.25) is 0 Å². The first-order valence-corrected chi connectivity index (χ1v) is 10.8. The Labute approximate surface area is 159 Å². The standard InChI is InChI=1S/C21H24N2O3S/c1-26-21-17(14-7-3-2-4-8-14)11-16(13-20(21)27(22,24)25)19-12-15-9-5-6-10-18(15)23-19/h5-6,9-14,23H,2-4,7-8H2,1H3,(H2,22,24,25). The minimum Gasteiger partial charge on any atom is -0.495 e. The van der Waals surface area contributed by atoms with Crippen LogP contribution in [0.4, 0.5) is 0 Å². The number of ether oxygens (including phenoxy) is 1. The normalized spacial score (nSPS) is 15.9. The Hall–Kier alpha value is -2.31. The summed E-state index contributed by atoms with van der Waals surface area (Å²) in [6, 6.07) is 13.7. The fraction of sp³-hybridized carbons (Fsp3) is 0.333. The van der Waals surface area contributed by atoms with Gasteiger partial charge in [0.05, 0.1) is 7.11 Å². The lowest BCUT2D eigenvalue weighted by atomic mass is 9.83. The first kappa shape index (κ1) is 18.1. The van der Waals surface area contributed by atoms with Gasteiger partial charge >= 0.3 is 0 Å². The van der Waals surface area contributed by atoms with E-state index in [0.29, 0.717) is 11.7 Å². The third kappa shape index (κ3) is 3.47. The maximum atomic E-state index is 12.3. The van der Waals surface area contributed by atoms with Crippen LogP contribution in [0, 0.1) is 0 Å². The van der Waals surface area contributed by atoms with Crippen molar-refractivity contribution in [2.45, 2.75) is 42.9 Å². The van der Waals surface area contributed by atoms with Gasteiger partial charge in [0, 0.05) is 16.6 Å². The zero-order chi connectivity index (χ0) is 19.0. The van der Waals surface area contributed by atoms with Crippen molar-refractivity contribution in [2.75, 3.05) is 7.11 Å². The second-order valence-electron chi connectivity index (χ2n) is 7.25. The Balaban J connectivity index is 1.93. The summed E-state index contributed by atoms with van der Waals surface area (Å²) in [6.07, 6.45) is 5.60. The molecule has 0 spiro atoms. The van der Waals surface area contributed by atoms with Crippen molar-refractivity contribution in [2.24, 2.45) is 5.14 Å². The van der Waals surface area contributed by atoms with E-state index in [0.717, 1.165) is 53.4 Å². The average molecular weight is 385 g/mol. The largest absolute Gasteiger partial charge is 0.495 e.